The number of hydrogen-bond acceptors (Lipinski definition) is 5. The van der Waals surface area contributed by atoms with Crippen LogP contribution in [-0.4, -0.2) is 38.3 Å². The van der Waals surface area contributed by atoms with Gasteiger partial charge < -0.3 is 9.30 Å². The molecule has 0 bridgehead atoms. The highest BCUT2D eigenvalue weighted by molar-refractivity contribution is 7.92. The van der Waals surface area contributed by atoms with Gasteiger partial charge in [0, 0.05) is 22.6 Å². The minimum atomic E-state index is -4.08. The molecule has 1 heterocycles. The number of para-hydroxylation sites is 2. The van der Waals surface area contributed by atoms with Crippen molar-refractivity contribution in [2.75, 3.05) is 17.5 Å². The quantitative estimate of drug-likeness (QED) is 0.207. The maximum atomic E-state index is 13.6. The van der Waals surface area contributed by atoms with Crippen LogP contribution in [0.15, 0.2) is 88.9 Å². The van der Waals surface area contributed by atoms with Crippen molar-refractivity contribution >= 4 is 27.8 Å². The summed E-state index contributed by atoms with van der Waals surface area (Å²) in [5.41, 5.74) is 9.01. The van der Waals surface area contributed by atoms with E-state index in [1.165, 1.54) is 23.3 Å². The van der Waals surface area contributed by atoms with Gasteiger partial charge in [-0.3, -0.25) is 9.10 Å². The first kappa shape index (κ1) is 28.6. The number of carbonyl (C=O) groups is 1. The molecule has 1 amide bonds. The molecule has 0 atom stereocenters. The molecule has 0 saturated heterocycles. The lowest BCUT2D eigenvalue weighted by atomic mass is 10.1. The first-order valence-corrected chi connectivity index (χ1v) is 14.4. The molecule has 0 aliphatic carbocycles. The maximum absolute atomic E-state index is 13.6. The van der Waals surface area contributed by atoms with Gasteiger partial charge in [0.25, 0.3) is 15.9 Å². The minimum Gasteiger partial charge on any atom is -0.492 e. The third-order valence-electron chi connectivity index (χ3n) is 6.38. The average Bonchev–Trinajstić information content (AvgIpc) is 3.20. The number of amides is 1. The number of rotatable bonds is 10. The molecule has 4 rings (SSSR count). The van der Waals surface area contributed by atoms with Crippen LogP contribution in [-0.2, 0) is 14.8 Å². The predicted molar refractivity (Wildman–Crippen MR) is 159 cm³/mol. The van der Waals surface area contributed by atoms with Crippen LogP contribution in [0.2, 0.25) is 0 Å². The van der Waals surface area contributed by atoms with E-state index in [1.807, 2.05) is 26.8 Å². The summed E-state index contributed by atoms with van der Waals surface area (Å²) in [4.78, 5) is 13.1. The number of nitrogens with zero attached hydrogens (tertiary/aromatic N) is 3. The Morgan fingerprint density at radius 2 is 1.60 bits per heavy atom. The van der Waals surface area contributed by atoms with Crippen molar-refractivity contribution in [3.63, 3.8) is 0 Å². The third-order valence-corrected chi connectivity index (χ3v) is 8.15. The Bertz CT molecular complexity index is 1620. The predicted octanol–water partition coefficient (Wildman–Crippen LogP) is 5.46. The number of nitrogens with one attached hydrogen (secondary N) is 1. The van der Waals surface area contributed by atoms with Crippen molar-refractivity contribution in [2.24, 2.45) is 5.10 Å². The summed E-state index contributed by atoms with van der Waals surface area (Å²) in [5, 5.41) is 4.16. The number of carbonyl (C=O) groups excluding carboxylic acids is 1. The van der Waals surface area contributed by atoms with Gasteiger partial charge in [0.15, 0.2) is 0 Å². The Kier molecular flexibility index (Phi) is 8.74. The van der Waals surface area contributed by atoms with Gasteiger partial charge in [-0.15, -0.1) is 0 Å². The van der Waals surface area contributed by atoms with Crippen LogP contribution in [0, 0.1) is 27.7 Å². The lowest BCUT2D eigenvalue weighted by Gasteiger charge is -2.25. The molecule has 9 heteroatoms. The summed E-state index contributed by atoms with van der Waals surface area (Å²) in [7, 11) is -4.08. The number of aryl methyl sites for hydroxylation is 3. The van der Waals surface area contributed by atoms with Gasteiger partial charge in [-0.05, 0) is 88.2 Å². The first-order valence-electron chi connectivity index (χ1n) is 13.0. The molecular weight excluding hydrogens is 524 g/mol. The number of anilines is 1. The van der Waals surface area contributed by atoms with Crippen LogP contribution < -0.4 is 14.5 Å². The van der Waals surface area contributed by atoms with Crippen molar-refractivity contribution in [2.45, 2.75) is 39.5 Å². The SMILES string of the molecule is CCOc1ccccc1N(CC(=O)N/N=C\c1cc(C)n(-c2cc(C)cc(C)c2)c1C)S(=O)(=O)c1ccccc1. The molecule has 1 N–H and O–H groups in total. The van der Waals surface area contributed by atoms with Crippen molar-refractivity contribution in [3.05, 3.63) is 107 Å². The second-order valence-electron chi connectivity index (χ2n) is 9.53. The van der Waals surface area contributed by atoms with Crippen molar-refractivity contribution in [1.82, 2.24) is 9.99 Å². The van der Waals surface area contributed by atoms with E-state index in [0.29, 0.717) is 12.4 Å². The molecule has 0 spiro atoms. The third kappa shape index (κ3) is 6.26. The van der Waals surface area contributed by atoms with Gasteiger partial charge in [0.1, 0.15) is 12.3 Å². The summed E-state index contributed by atoms with van der Waals surface area (Å²) in [6.45, 7) is 9.81. The van der Waals surface area contributed by atoms with Crippen molar-refractivity contribution in [1.29, 1.82) is 0 Å². The number of hydrogen-bond donors (Lipinski definition) is 1. The monoisotopic (exact) mass is 558 g/mol. The van der Waals surface area contributed by atoms with Crippen LogP contribution in [0.4, 0.5) is 5.69 Å². The molecular formula is C31H34N4O4S. The second kappa shape index (κ2) is 12.2. The highest BCUT2D eigenvalue weighted by Crippen LogP contribution is 2.32. The minimum absolute atomic E-state index is 0.0661. The average molecular weight is 559 g/mol. The van der Waals surface area contributed by atoms with Gasteiger partial charge in [-0.25, -0.2) is 13.8 Å². The molecule has 4 aromatic rings. The topological polar surface area (TPSA) is 93.0 Å². The van der Waals surface area contributed by atoms with E-state index in [-0.39, 0.29) is 10.6 Å². The number of aromatic nitrogens is 1. The summed E-state index contributed by atoms with van der Waals surface area (Å²) in [6, 6.07) is 23.1. The van der Waals surface area contributed by atoms with E-state index < -0.39 is 22.5 Å². The Hall–Kier alpha value is -4.37. The fourth-order valence-electron chi connectivity index (χ4n) is 4.70. The Balaban J connectivity index is 1.59. The highest BCUT2D eigenvalue weighted by atomic mass is 32.2. The number of benzene rings is 3. The van der Waals surface area contributed by atoms with E-state index in [1.54, 1.807) is 48.7 Å². The molecule has 3 aromatic carbocycles. The molecule has 0 aliphatic rings. The smallest absolute Gasteiger partial charge is 0.264 e. The second-order valence-corrected chi connectivity index (χ2v) is 11.4. The zero-order valence-electron chi connectivity index (χ0n) is 23.4. The van der Waals surface area contributed by atoms with Gasteiger partial charge in [-0.2, -0.15) is 5.10 Å². The molecule has 208 valence electrons. The van der Waals surface area contributed by atoms with E-state index in [4.69, 9.17) is 4.74 Å². The fraction of sp³-hybridized carbons (Fsp3) is 0.226. The highest BCUT2D eigenvalue weighted by Gasteiger charge is 2.29. The van der Waals surface area contributed by atoms with Crippen LogP contribution in [0.3, 0.4) is 0 Å². The Morgan fingerprint density at radius 3 is 2.27 bits per heavy atom. The number of sulfonamides is 1. The zero-order valence-corrected chi connectivity index (χ0v) is 24.2. The van der Waals surface area contributed by atoms with Crippen molar-refractivity contribution < 1.29 is 17.9 Å². The molecule has 0 unspecified atom stereocenters. The fourth-order valence-corrected chi connectivity index (χ4v) is 6.15. The largest absolute Gasteiger partial charge is 0.492 e. The lowest BCUT2D eigenvalue weighted by Crippen LogP contribution is -2.39. The molecule has 40 heavy (non-hydrogen) atoms. The van der Waals surface area contributed by atoms with E-state index in [2.05, 4.69) is 47.1 Å². The summed E-state index contributed by atoms with van der Waals surface area (Å²) in [5.74, 6) is -0.232. The van der Waals surface area contributed by atoms with E-state index in [9.17, 15) is 13.2 Å². The molecule has 0 radical (unpaired) electrons. The summed E-state index contributed by atoms with van der Waals surface area (Å²) < 4.78 is 36.1. The van der Waals surface area contributed by atoms with Crippen molar-refractivity contribution in [3.8, 4) is 11.4 Å². The van der Waals surface area contributed by atoms with E-state index in [0.717, 1.165) is 26.9 Å². The Morgan fingerprint density at radius 1 is 0.950 bits per heavy atom. The van der Waals surface area contributed by atoms with Gasteiger partial charge >= 0.3 is 0 Å². The number of ether oxygens (including phenoxy) is 1. The summed E-state index contributed by atoms with van der Waals surface area (Å²) in [6.07, 6.45) is 1.57. The van der Waals surface area contributed by atoms with Crippen LogP contribution in [0.1, 0.15) is 35.0 Å². The molecule has 8 nitrogen and oxygen atoms in total. The maximum Gasteiger partial charge on any atom is 0.264 e. The first-order chi connectivity index (χ1) is 19.1. The van der Waals surface area contributed by atoms with Gasteiger partial charge in [0.2, 0.25) is 0 Å². The van der Waals surface area contributed by atoms with Crippen LogP contribution in [0.5, 0.6) is 5.75 Å². The zero-order chi connectivity index (χ0) is 28.9. The van der Waals surface area contributed by atoms with Gasteiger partial charge in [-0.1, -0.05) is 36.4 Å². The summed E-state index contributed by atoms with van der Waals surface area (Å²) >= 11 is 0. The van der Waals surface area contributed by atoms with Gasteiger partial charge in [0.05, 0.1) is 23.4 Å². The number of hydrazone groups is 1. The molecule has 0 saturated carbocycles. The molecule has 0 aliphatic heterocycles. The van der Waals surface area contributed by atoms with Crippen LogP contribution >= 0.6 is 0 Å². The molecule has 1 aromatic heterocycles. The van der Waals surface area contributed by atoms with Crippen LogP contribution in [0.25, 0.3) is 5.69 Å². The molecule has 0 fully saturated rings. The normalized spacial score (nSPS) is 11.5. The Labute approximate surface area is 236 Å². The van der Waals surface area contributed by atoms with E-state index >= 15 is 0 Å². The standard InChI is InChI=1S/C31H34N4O4S/c1-6-39-30-15-11-10-14-29(30)34(40(37,38)28-12-8-7-9-13-28)21-31(36)33-32-20-26-19-24(4)35(25(26)5)27-17-22(2)16-23(3)18-27/h7-20H,6,21H2,1-5H3,(H,33,36)/b32-20-. The lowest BCUT2D eigenvalue weighted by molar-refractivity contribution is -0.119.